The first-order valence-corrected chi connectivity index (χ1v) is 7.79. The smallest absolute Gasteiger partial charge is 0.315 e. The van der Waals surface area contributed by atoms with Crippen LogP contribution in [-0.2, 0) is 4.74 Å². The highest BCUT2D eigenvalue weighted by atomic mass is 16.5. The van der Waals surface area contributed by atoms with E-state index in [1.54, 1.807) is 19.4 Å². The Kier molecular flexibility index (Phi) is 6.18. The van der Waals surface area contributed by atoms with E-state index in [4.69, 9.17) is 10.00 Å². The van der Waals surface area contributed by atoms with Crippen LogP contribution in [0.1, 0.15) is 25.3 Å². The Morgan fingerprint density at radius 3 is 2.83 bits per heavy atom. The van der Waals surface area contributed by atoms with E-state index in [-0.39, 0.29) is 18.1 Å². The number of carbonyl (C=O) groups is 1. The number of pyridine rings is 1. The fraction of sp³-hybridized carbons (Fsp3) is 0.562. The van der Waals surface area contributed by atoms with Gasteiger partial charge in [0.2, 0.25) is 0 Å². The van der Waals surface area contributed by atoms with Crippen LogP contribution in [0.5, 0.6) is 0 Å². The minimum absolute atomic E-state index is 0.0112. The summed E-state index contributed by atoms with van der Waals surface area (Å²) in [5.74, 6) is 0.876. The van der Waals surface area contributed by atoms with Gasteiger partial charge in [-0.1, -0.05) is 0 Å². The van der Waals surface area contributed by atoms with Gasteiger partial charge in [-0.05, 0) is 31.9 Å². The number of anilines is 1. The lowest BCUT2D eigenvalue weighted by molar-refractivity contribution is 0.170. The van der Waals surface area contributed by atoms with Crippen molar-refractivity contribution in [2.75, 3.05) is 31.7 Å². The second-order valence-electron chi connectivity index (χ2n) is 5.75. The molecule has 0 spiro atoms. The topological polar surface area (TPSA) is 90.3 Å². The van der Waals surface area contributed by atoms with Crippen molar-refractivity contribution < 1.29 is 9.53 Å². The molecular weight excluding hydrogens is 294 g/mol. The molecule has 0 aromatic carbocycles. The largest absolute Gasteiger partial charge is 0.383 e. The van der Waals surface area contributed by atoms with Crippen LogP contribution in [0.3, 0.4) is 0 Å². The molecule has 2 N–H and O–H groups in total. The zero-order valence-electron chi connectivity index (χ0n) is 13.6. The summed E-state index contributed by atoms with van der Waals surface area (Å²) in [7, 11) is 1.61. The number of amides is 2. The standard InChI is InChI=1S/C16H23N5O2/c1-12(11-23-2)19-16(22)20-14-5-7-21(8-6-14)15-4-3-13(9-17)10-18-15/h3-4,10,12,14H,5-8,11H2,1-2H3,(H2,19,20,22). The Morgan fingerprint density at radius 2 is 2.26 bits per heavy atom. The summed E-state index contributed by atoms with van der Waals surface area (Å²) in [5.41, 5.74) is 0.562. The number of methoxy groups -OCH3 is 1. The van der Waals surface area contributed by atoms with Crippen molar-refractivity contribution in [3.8, 4) is 6.07 Å². The van der Waals surface area contributed by atoms with Crippen molar-refractivity contribution in [1.29, 1.82) is 5.26 Å². The van der Waals surface area contributed by atoms with Gasteiger partial charge in [0.25, 0.3) is 0 Å². The number of nitriles is 1. The van der Waals surface area contributed by atoms with Crippen molar-refractivity contribution in [2.45, 2.75) is 31.8 Å². The first-order valence-electron chi connectivity index (χ1n) is 7.79. The molecule has 23 heavy (non-hydrogen) atoms. The highest BCUT2D eigenvalue weighted by molar-refractivity contribution is 5.74. The number of ether oxygens (including phenoxy) is 1. The molecule has 1 atom stereocenters. The molecule has 1 aliphatic rings. The van der Waals surface area contributed by atoms with Crippen molar-refractivity contribution in [1.82, 2.24) is 15.6 Å². The minimum atomic E-state index is -0.149. The lowest BCUT2D eigenvalue weighted by Crippen LogP contribution is -2.50. The monoisotopic (exact) mass is 317 g/mol. The van der Waals surface area contributed by atoms with Crippen LogP contribution in [0.4, 0.5) is 10.6 Å². The maximum absolute atomic E-state index is 11.9. The number of piperidine rings is 1. The summed E-state index contributed by atoms with van der Waals surface area (Å²) in [6, 6.07) is 5.71. The third-order valence-corrected chi connectivity index (χ3v) is 3.83. The minimum Gasteiger partial charge on any atom is -0.383 e. The van der Waals surface area contributed by atoms with E-state index in [9.17, 15) is 4.79 Å². The first-order chi connectivity index (χ1) is 11.1. The molecule has 1 aliphatic heterocycles. The van der Waals surface area contributed by atoms with Crippen LogP contribution >= 0.6 is 0 Å². The van der Waals surface area contributed by atoms with E-state index in [1.807, 2.05) is 13.0 Å². The fourth-order valence-corrected chi connectivity index (χ4v) is 2.63. The Balaban J connectivity index is 1.77. The molecule has 2 rings (SSSR count). The molecule has 1 aromatic rings. The lowest BCUT2D eigenvalue weighted by atomic mass is 10.1. The number of aromatic nitrogens is 1. The van der Waals surface area contributed by atoms with Gasteiger partial charge in [-0.3, -0.25) is 0 Å². The van der Waals surface area contributed by atoms with Crippen molar-refractivity contribution >= 4 is 11.8 Å². The molecule has 124 valence electrons. The van der Waals surface area contributed by atoms with Crippen LogP contribution < -0.4 is 15.5 Å². The van der Waals surface area contributed by atoms with Gasteiger partial charge in [0.1, 0.15) is 11.9 Å². The van der Waals surface area contributed by atoms with Crippen LogP contribution in [0.2, 0.25) is 0 Å². The van der Waals surface area contributed by atoms with E-state index in [1.165, 1.54) is 0 Å². The lowest BCUT2D eigenvalue weighted by Gasteiger charge is -2.33. The molecule has 1 aromatic heterocycles. The molecule has 2 heterocycles. The number of nitrogens with zero attached hydrogens (tertiary/aromatic N) is 3. The third-order valence-electron chi connectivity index (χ3n) is 3.83. The number of urea groups is 1. The van der Waals surface area contributed by atoms with Crippen LogP contribution in [0.25, 0.3) is 0 Å². The maximum Gasteiger partial charge on any atom is 0.315 e. The normalized spacial score (nSPS) is 16.5. The summed E-state index contributed by atoms with van der Waals surface area (Å²) in [4.78, 5) is 18.4. The summed E-state index contributed by atoms with van der Waals surface area (Å²) >= 11 is 0. The molecule has 1 unspecified atom stereocenters. The average molecular weight is 317 g/mol. The SMILES string of the molecule is COCC(C)NC(=O)NC1CCN(c2ccc(C#N)cn2)CC1. The fourth-order valence-electron chi connectivity index (χ4n) is 2.63. The molecule has 2 amide bonds. The van der Waals surface area contributed by atoms with Gasteiger partial charge in [-0.2, -0.15) is 5.26 Å². The number of hydrogen-bond acceptors (Lipinski definition) is 5. The van der Waals surface area contributed by atoms with Crippen LogP contribution in [-0.4, -0.2) is 49.9 Å². The molecule has 0 radical (unpaired) electrons. The molecule has 7 nitrogen and oxygen atoms in total. The highest BCUT2D eigenvalue weighted by Crippen LogP contribution is 2.18. The van der Waals surface area contributed by atoms with Gasteiger partial charge >= 0.3 is 6.03 Å². The molecule has 1 fully saturated rings. The van der Waals surface area contributed by atoms with E-state index < -0.39 is 0 Å². The highest BCUT2D eigenvalue weighted by Gasteiger charge is 2.21. The van der Waals surface area contributed by atoms with Crippen molar-refractivity contribution in [3.05, 3.63) is 23.9 Å². The van der Waals surface area contributed by atoms with Gasteiger partial charge in [0, 0.05) is 32.4 Å². The quantitative estimate of drug-likeness (QED) is 0.853. The average Bonchev–Trinajstić information content (AvgIpc) is 2.56. The summed E-state index contributed by atoms with van der Waals surface area (Å²) in [5, 5.41) is 14.7. The number of carbonyl (C=O) groups excluding carboxylic acids is 1. The van der Waals surface area contributed by atoms with Crippen molar-refractivity contribution in [2.24, 2.45) is 0 Å². The molecule has 0 aliphatic carbocycles. The van der Waals surface area contributed by atoms with Gasteiger partial charge < -0.3 is 20.3 Å². The Bertz CT molecular complexity index is 547. The Morgan fingerprint density at radius 1 is 1.52 bits per heavy atom. The zero-order chi connectivity index (χ0) is 16.7. The molecule has 7 heteroatoms. The van der Waals surface area contributed by atoms with Crippen LogP contribution in [0.15, 0.2) is 18.3 Å². The number of nitrogens with one attached hydrogen (secondary N) is 2. The zero-order valence-corrected chi connectivity index (χ0v) is 13.6. The Hall–Kier alpha value is -2.33. The molecule has 0 bridgehead atoms. The number of hydrogen-bond donors (Lipinski definition) is 2. The predicted molar refractivity (Wildman–Crippen MR) is 87.2 cm³/mol. The van der Waals surface area contributed by atoms with Gasteiger partial charge in [-0.15, -0.1) is 0 Å². The van der Waals surface area contributed by atoms with E-state index in [2.05, 4.69) is 26.6 Å². The van der Waals surface area contributed by atoms with E-state index in [0.717, 1.165) is 31.7 Å². The molecule has 1 saturated heterocycles. The summed E-state index contributed by atoms with van der Waals surface area (Å²) in [6.07, 6.45) is 3.33. The summed E-state index contributed by atoms with van der Waals surface area (Å²) < 4.78 is 5.00. The van der Waals surface area contributed by atoms with Gasteiger partial charge in [0.15, 0.2) is 0 Å². The van der Waals surface area contributed by atoms with E-state index in [0.29, 0.717) is 12.2 Å². The summed E-state index contributed by atoms with van der Waals surface area (Å²) in [6.45, 7) is 4.06. The second-order valence-corrected chi connectivity index (χ2v) is 5.75. The van der Waals surface area contributed by atoms with Gasteiger partial charge in [-0.25, -0.2) is 9.78 Å². The van der Waals surface area contributed by atoms with E-state index >= 15 is 0 Å². The van der Waals surface area contributed by atoms with Crippen molar-refractivity contribution in [3.63, 3.8) is 0 Å². The second kappa shape index (κ2) is 8.34. The number of rotatable bonds is 5. The molecule has 0 saturated carbocycles. The first kappa shape index (κ1) is 17.0. The van der Waals surface area contributed by atoms with Gasteiger partial charge in [0.05, 0.1) is 18.2 Å². The maximum atomic E-state index is 11.9. The Labute approximate surface area is 136 Å². The predicted octanol–water partition coefficient (Wildman–Crippen LogP) is 1.26. The third kappa shape index (κ3) is 5.11. The molecular formula is C16H23N5O2. The van der Waals surface area contributed by atoms with Crippen LogP contribution in [0, 0.1) is 11.3 Å².